The van der Waals surface area contributed by atoms with Gasteiger partial charge in [-0.15, -0.1) is 0 Å². The Morgan fingerprint density at radius 2 is 1.64 bits per heavy atom. The van der Waals surface area contributed by atoms with Crippen LogP contribution in [-0.2, 0) is 0 Å². The number of methoxy groups -OCH3 is 2. The zero-order chi connectivity index (χ0) is 19.3. The van der Waals surface area contributed by atoms with Gasteiger partial charge in [0.2, 0.25) is 5.95 Å². The van der Waals surface area contributed by atoms with E-state index in [1.165, 1.54) is 0 Å². The van der Waals surface area contributed by atoms with Gasteiger partial charge in [0, 0.05) is 43.0 Å². The standard InChI is InChI=1S/C20H24N6O2/c1-27-18-12-16(13-19(14-18)28-2)21-15-8-10-25(11-9-15)20-22-23-24-26(20)17-6-4-3-5-7-17/h3-7,12-15,21H,8-11H2,1-2H3. The molecule has 1 aliphatic heterocycles. The van der Waals surface area contributed by atoms with Gasteiger partial charge in [0.1, 0.15) is 11.5 Å². The van der Waals surface area contributed by atoms with Crippen molar-refractivity contribution >= 4 is 11.6 Å². The first kappa shape index (κ1) is 18.1. The van der Waals surface area contributed by atoms with Crippen molar-refractivity contribution in [1.29, 1.82) is 0 Å². The maximum absolute atomic E-state index is 5.35. The Labute approximate surface area is 164 Å². The second-order valence-corrected chi connectivity index (χ2v) is 6.73. The van der Waals surface area contributed by atoms with Gasteiger partial charge in [-0.05, 0) is 35.4 Å². The molecule has 2 heterocycles. The predicted molar refractivity (Wildman–Crippen MR) is 108 cm³/mol. The summed E-state index contributed by atoms with van der Waals surface area (Å²) in [5.74, 6) is 2.34. The van der Waals surface area contributed by atoms with Crippen molar-refractivity contribution in [2.24, 2.45) is 0 Å². The predicted octanol–water partition coefficient (Wildman–Crippen LogP) is 2.76. The largest absolute Gasteiger partial charge is 0.497 e. The quantitative estimate of drug-likeness (QED) is 0.704. The number of nitrogens with zero attached hydrogens (tertiary/aromatic N) is 5. The molecule has 0 bridgehead atoms. The van der Waals surface area contributed by atoms with Crippen molar-refractivity contribution in [3.05, 3.63) is 48.5 Å². The summed E-state index contributed by atoms with van der Waals surface area (Å²) in [6.45, 7) is 1.76. The van der Waals surface area contributed by atoms with E-state index in [-0.39, 0.29) is 0 Å². The number of tetrazole rings is 1. The van der Waals surface area contributed by atoms with Crippen LogP contribution in [-0.4, -0.2) is 53.6 Å². The second-order valence-electron chi connectivity index (χ2n) is 6.73. The van der Waals surface area contributed by atoms with Gasteiger partial charge in [-0.3, -0.25) is 0 Å². The Morgan fingerprint density at radius 3 is 2.29 bits per heavy atom. The molecule has 0 unspecified atom stereocenters. The van der Waals surface area contributed by atoms with Gasteiger partial charge in [0.15, 0.2) is 0 Å². The van der Waals surface area contributed by atoms with Crippen LogP contribution in [0.15, 0.2) is 48.5 Å². The lowest BCUT2D eigenvalue weighted by atomic mass is 10.0. The van der Waals surface area contributed by atoms with Gasteiger partial charge in [-0.2, -0.15) is 4.68 Å². The van der Waals surface area contributed by atoms with E-state index in [1.807, 2.05) is 48.5 Å². The molecule has 1 saturated heterocycles. The molecule has 3 aromatic rings. The minimum absolute atomic E-state index is 0.370. The molecular formula is C20H24N6O2. The Morgan fingerprint density at radius 1 is 0.964 bits per heavy atom. The Kier molecular flexibility index (Phi) is 5.27. The highest BCUT2D eigenvalue weighted by Gasteiger charge is 2.24. The van der Waals surface area contributed by atoms with Crippen molar-refractivity contribution < 1.29 is 9.47 Å². The number of piperidine rings is 1. The minimum Gasteiger partial charge on any atom is -0.497 e. The zero-order valence-corrected chi connectivity index (χ0v) is 16.1. The summed E-state index contributed by atoms with van der Waals surface area (Å²) in [7, 11) is 3.32. The lowest BCUT2D eigenvalue weighted by molar-refractivity contribution is 0.394. The Bertz CT molecular complexity index is 884. The molecule has 4 rings (SSSR count). The van der Waals surface area contributed by atoms with Crippen LogP contribution in [0, 0.1) is 0 Å². The molecule has 0 spiro atoms. The highest BCUT2D eigenvalue weighted by atomic mass is 16.5. The lowest BCUT2D eigenvalue weighted by Crippen LogP contribution is -2.40. The van der Waals surface area contributed by atoms with Crippen LogP contribution < -0.4 is 19.7 Å². The summed E-state index contributed by atoms with van der Waals surface area (Å²) < 4.78 is 12.5. The monoisotopic (exact) mass is 380 g/mol. The van der Waals surface area contributed by atoms with E-state index in [9.17, 15) is 0 Å². The fourth-order valence-electron chi connectivity index (χ4n) is 3.47. The van der Waals surface area contributed by atoms with E-state index in [0.29, 0.717) is 6.04 Å². The van der Waals surface area contributed by atoms with E-state index >= 15 is 0 Å². The van der Waals surface area contributed by atoms with Crippen LogP contribution in [0.3, 0.4) is 0 Å². The summed E-state index contributed by atoms with van der Waals surface area (Å²) in [4.78, 5) is 2.23. The van der Waals surface area contributed by atoms with Gasteiger partial charge < -0.3 is 19.7 Å². The van der Waals surface area contributed by atoms with Crippen LogP contribution in [0.2, 0.25) is 0 Å². The van der Waals surface area contributed by atoms with E-state index in [4.69, 9.17) is 9.47 Å². The lowest BCUT2D eigenvalue weighted by Gasteiger charge is -2.33. The fraction of sp³-hybridized carbons (Fsp3) is 0.350. The molecule has 0 aliphatic carbocycles. The summed E-state index contributed by atoms with van der Waals surface area (Å²) >= 11 is 0. The van der Waals surface area contributed by atoms with Gasteiger partial charge in [0.25, 0.3) is 0 Å². The molecule has 1 fully saturated rings. The van der Waals surface area contributed by atoms with E-state index in [0.717, 1.165) is 54.8 Å². The number of hydrogen-bond donors (Lipinski definition) is 1. The molecule has 0 amide bonds. The summed E-state index contributed by atoms with van der Waals surface area (Å²) in [5.41, 5.74) is 1.97. The highest BCUT2D eigenvalue weighted by molar-refractivity contribution is 5.54. The SMILES string of the molecule is COc1cc(NC2CCN(c3nnnn3-c3ccccc3)CC2)cc(OC)c1. The molecule has 1 aliphatic rings. The van der Waals surface area contributed by atoms with Crippen molar-refractivity contribution in [2.45, 2.75) is 18.9 Å². The minimum atomic E-state index is 0.370. The first-order chi connectivity index (χ1) is 13.8. The van der Waals surface area contributed by atoms with Crippen LogP contribution in [0.4, 0.5) is 11.6 Å². The van der Waals surface area contributed by atoms with Gasteiger partial charge in [-0.25, -0.2) is 0 Å². The van der Waals surface area contributed by atoms with Crippen LogP contribution in [0.5, 0.6) is 11.5 Å². The third-order valence-corrected chi connectivity index (χ3v) is 4.95. The number of aromatic nitrogens is 4. The van der Waals surface area contributed by atoms with Crippen LogP contribution >= 0.6 is 0 Å². The normalized spacial score (nSPS) is 14.7. The van der Waals surface area contributed by atoms with Gasteiger partial charge in [-0.1, -0.05) is 23.3 Å². The molecule has 8 nitrogen and oxygen atoms in total. The molecule has 0 saturated carbocycles. The third kappa shape index (κ3) is 3.85. The molecule has 0 radical (unpaired) electrons. The van der Waals surface area contributed by atoms with Gasteiger partial charge >= 0.3 is 0 Å². The first-order valence-electron chi connectivity index (χ1n) is 9.35. The number of ether oxygens (including phenoxy) is 2. The summed E-state index contributed by atoms with van der Waals surface area (Å²) in [6.07, 6.45) is 1.97. The average molecular weight is 380 g/mol. The Balaban J connectivity index is 1.42. The average Bonchev–Trinajstić information content (AvgIpc) is 3.24. The summed E-state index contributed by atoms with van der Waals surface area (Å²) in [6, 6.07) is 16.2. The maximum Gasteiger partial charge on any atom is 0.250 e. The van der Waals surface area contributed by atoms with Gasteiger partial charge in [0.05, 0.1) is 19.9 Å². The molecule has 1 aromatic heterocycles. The van der Waals surface area contributed by atoms with Crippen molar-refractivity contribution in [1.82, 2.24) is 20.2 Å². The zero-order valence-electron chi connectivity index (χ0n) is 16.1. The second kappa shape index (κ2) is 8.16. The number of para-hydroxylation sites is 1. The first-order valence-corrected chi connectivity index (χ1v) is 9.35. The topological polar surface area (TPSA) is 77.3 Å². The molecule has 8 heteroatoms. The van der Waals surface area contributed by atoms with E-state index < -0.39 is 0 Å². The molecule has 146 valence electrons. The number of benzene rings is 2. The van der Waals surface area contributed by atoms with E-state index in [1.54, 1.807) is 18.9 Å². The number of anilines is 2. The van der Waals surface area contributed by atoms with Crippen molar-refractivity contribution in [3.8, 4) is 17.2 Å². The smallest absolute Gasteiger partial charge is 0.250 e. The number of rotatable bonds is 6. The van der Waals surface area contributed by atoms with Crippen molar-refractivity contribution in [3.63, 3.8) is 0 Å². The maximum atomic E-state index is 5.35. The molecule has 0 atom stereocenters. The van der Waals surface area contributed by atoms with E-state index in [2.05, 4.69) is 25.7 Å². The number of hydrogen-bond acceptors (Lipinski definition) is 7. The molecular weight excluding hydrogens is 356 g/mol. The molecule has 1 N–H and O–H groups in total. The van der Waals surface area contributed by atoms with Crippen LogP contribution in [0.25, 0.3) is 5.69 Å². The highest BCUT2D eigenvalue weighted by Crippen LogP contribution is 2.28. The fourth-order valence-corrected chi connectivity index (χ4v) is 3.47. The molecule has 28 heavy (non-hydrogen) atoms. The van der Waals surface area contributed by atoms with Crippen molar-refractivity contribution in [2.75, 3.05) is 37.5 Å². The number of nitrogens with one attached hydrogen (secondary N) is 1. The third-order valence-electron chi connectivity index (χ3n) is 4.95. The van der Waals surface area contributed by atoms with Crippen LogP contribution in [0.1, 0.15) is 12.8 Å². The summed E-state index contributed by atoms with van der Waals surface area (Å²) in [5, 5.41) is 15.9. The molecule has 2 aromatic carbocycles. The Hall–Kier alpha value is -3.29.